The molecule has 0 unspecified atom stereocenters. The number of carbonyl (C=O) groups is 10. The van der Waals surface area contributed by atoms with Crippen LogP contribution in [0.3, 0.4) is 0 Å². The third-order valence-electron chi connectivity index (χ3n) is 0.915. The second-order valence-electron chi connectivity index (χ2n) is 3.05. The first-order valence-electron chi connectivity index (χ1n) is 5.53. The quantitative estimate of drug-likeness (QED) is 0.116. The normalized spacial score (nSPS) is 7.10. The molecule has 10 N–H and O–H groups in total. The zero-order valence-corrected chi connectivity index (χ0v) is 13.6. The van der Waals surface area contributed by atoms with E-state index >= 15 is 0 Å². The summed E-state index contributed by atoms with van der Waals surface area (Å²) in [6.45, 7) is 0. The van der Waals surface area contributed by atoms with Crippen LogP contribution < -0.4 is 0 Å². The van der Waals surface area contributed by atoms with Crippen molar-refractivity contribution in [2.75, 3.05) is 0 Å². The van der Waals surface area contributed by atoms with Crippen LogP contribution in [0.5, 0.6) is 0 Å². The SMILES string of the molecule is O=C(O)C(=O)O.O=C(O)C(=O)O.O=C(O)C(=O)O.O=C(O)C(=O)O.O=C(O)C(=O)O.[NaH]. The monoisotopic (exact) mass is 474 g/mol. The summed E-state index contributed by atoms with van der Waals surface area (Å²) < 4.78 is 0. The van der Waals surface area contributed by atoms with Crippen molar-refractivity contribution in [3.05, 3.63) is 0 Å². The predicted octanol–water partition coefficient (Wildman–Crippen LogP) is -4.87. The number of carboxylic acid groups (broad SMARTS) is 10. The van der Waals surface area contributed by atoms with Gasteiger partial charge in [-0.05, 0) is 0 Å². The molecule has 0 rings (SSSR count). The molecule has 0 aromatic rings. The Kier molecular flexibility index (Phi) is 31.5. The first-order chi connectivity index (χ1) is 13.2. The summed E-state index contributed by atoms with van der Waals surface area (Å²) in [6.07, 6.45) is 0. The van der Waals surface area contributed by atoms with Gasteiger partial charge in [-0.15, -0.1) is 0 Å². The maximum absolute atomic E-state index is 9.10. The number of hydrogen-bond acceptors (Lipinski definition) is 10. The molecule has 0 saturated heterocycles. The van der Waals surface area contributed by atoms with Crippen LogP contribution in [0.2, 0.25) is 0 Å². The molecule has 0 aliphatic carbocycles. The summed E-state index contributed by atoms with van der Waals surface area (Å²) in [4.78, 5) is 91.0. The van der Waals surface area contributed by atoms with Crippen molar-refractivity contribution in [3.63, 3.8) is 0 Å². The second kappa shape index (κ2) is 23.7. The molecule has 0 fully saturated rings. The molecule has 0 bridgehead atoms. The molecule has 0 aliphatic heterocycles. The van der Waals surface area contributed by atoms with E-state index in [1.165, 1.54) is 0 Å². The summed E-state index contributed by atoms with van der Waals surface area (Å²) in [5.74, 6) is -18.2. The van der Waals surface area contributed by atoms with Crippen LogP contribution in [0.4, 0.5) is 0 Å². The maximum atomic E-state index is 9.10. The molecular formula is C10H11NaO20. The molecule has 20 nitrogen and oxygen atoms in total. The van der Waals surface area contributed by atoms with Gasteiger partial charge in [-0.25, -0.2) is 47.9 Å². The Balaban J connectivity index is -0.0000000625. The zero-order chi connectivity index (χ0) is 25.8. The molecule has 31 heavy (non-hydrogen) atoms. The molecule has 0 radical (unpaired) electrons. The van der Waals surface area contributed by atoms with Gasteiger partial charge in [-0.3, -0.25) is 0 Å². The third-order valence-corrected chi connectivity index (χ3v) is 0.915. The third kappa shape index (κ3) is 58.6. The van der Waals surface area contributed by atoms with Crippen molar-refractivity contribution in [3.8, 4) is 0 Å². The molecule has 0 atom stereocenters. The first kappa shape index (κ1) is 41.2. The molecule has 0 aliphatic rings. The van der Waals surface area contributed by atoms with Gasteiger partial charge in [0.1, 0.15) is 0 Å². The van der Waals surface area contributed by atoms with Crippen molar-refractivity contribution in [2.24, 2.45) is 0 Å². The van der Waals surface area contributed by atoms with E-state index in [2.05, 4.69) is 0 Å². The number of rotatable bonds is 0. The van der Waals surface area contributed by atoms with Gasteiger partial charge < -0.3 is 51.1 Å². The minimum atomic E-state index is -1.82. The Bertz CT molecular complexity index is 503. The van der Waals surface area contributed by atoms with E-state index in [1.807, 2.05) is 0 Å². The molecule has 0 spiro atoms. The Morgan fingerprint density at radius 2 is 0.258 bits per heavy atom. The van der Waals surface area contributed by atoms with Crippen LogP contribution in [0, 0.1) is 0 Å². The van der Waals surface area contributed by atoms with Crippen LogP contribution in [-0.2, 0) is 47.9 Å². The van der Waals surface area contributed by atoms with Gasteiger partial charge in [0.15, 0.2) is 0 Å². The summed E-state index contributed by atoms with van der Waals surface area (Å²) in [5.41, 5.74) is 0. The molecule has 0 amide bonds. The number of carboxylic acids is 10. The number of hydrogen-bond donors (Lipinski definition) is 10. The Hall–Kier alpha value is -4.30. The molecule has 0 saturated carbocycles. The molecule has 0 heterocycles. The molecule has 172 valence electrons. The van der Waals surface area contributed by atoms with E-state index in [4.69, 9.17) is 99.0 Å². The van der Waals surface area contributed by atoms with Gasteiger partial charge in [0, 0.05) is 0 Å². The molecule has 21 heteroatoms. The van der Waals surface area contributed by atoms with E-state index < -0.39 is 59.7 Å². The summed E-state index contributed by atoms with van der Waals surface area (Å²) in [5, 5.41) is 73.9. The average Bonchev–Trinajstić information content (AvgIpc) is 2.56. The van der Waals surface area contributed by atoms with Crippen molar-refractivity contribution in [1.82, 2.24) is 0 Å². The topological polar surface area (TPSA) is 373 Å². The van der Waals surface area contributed by atoms with E-state index in [9.17, 15) is 0 Å². The van der Waals surface area contributed by atoms with Crippen LogP contribution in [-0.4, -0.2) is 140 Å². The van der Waals surface area contributed by atoms with Gasteiger partial charge in [-0.1, -0.05) is 0 Å². The van der Waals surface area contributed by atoms with Crippen molar-refractivity contribution >= 4 is 89.3 Å². The first-order valence-corrected chi connectivity index (χ1v) is 5.53. The van der Waals surface area contributed by atoms with Crippen LogP contribution in [0.25, 0.3) is 0 Å². The van der Waals surface area contributed by atoms with Crippen LogP contribution in [0.15, 0.2) is 0 Å². The Labute approximate surface area is 188 Å². The van der Waals surface area contributed by atoms with E-state index in [1.54, 1.807) is 0 Å². The summed E-state index contributed by atoms with van der Waals surface area (Å²) >= 11 is 0. The van der Waals surface area contributed by atoms with Gasteiger partial charge >= 0.3 is 89.3 Å². The predicted molar refractivity (Wildman–Crippen MR) is 83.5 cm³/mol. The minimum absolute atomic E-state index is 0. The number of aliphatic carboxylic acids is 10. The summed E-state index contributed by atoms with van der Waals surface area (Å²) in [7, 11) is 0. The van der Waals surface area contributed by atoms with E-state index in [0.29, 0.717) is 0 Å². The van der Waals surface area contributed by atoms with Gasteiger partial charge in [0.05, 0.1) is 0 Å². The van der Waals surface area contributed by atoms with Crippen molar-refractivity contribution in [2.45, 2.75) is 0 Å². The molecule has 0 aromatic carbocycles. The second-order valence-corrected chi connectivity index (χ2v) is 3.05. The van der Waals surface area contributed by atoms with Gasteiger partial charge in [0.25, 0.3) is 0 Å². The molecule has 0 aromatic heterocycles. The fourth-order valence-electron chi connectivity index (χ4n) is 0. The van der Waals surface area contributed by atoms with Gasteiger partial charge in [-0.2, -0.15) is 0 Å². The van der Waals surface area contributed by atoms with Crippen molar-refractivity contribution in [1.29, 1.82) is 0 Å². The Morgan fingerprint density at radius 3 is 0.258 bits per heavy atom. The Morgan fingerprint density at radius 1 is 0.226 bits per heavy atom. The van der Waals surface area contributed by atoms with E-state index in [-0.39, 0.29) is 29.6 Å². The van der Waals surface area contributed by atoms with Crippen molar-refractivity contribution < 1.29 is 99.0 Å². The average molecular weight is 474 g/mol. The fraction of sp³-hybridized carbons (Fsp3) is 0. The van der Waals surface area contributed by atoms with Gasteiger partial charge in [0.2, 0.25) is 0 Å². The van der Waals surface area contributed by atoms with Crippen LogP contribution in [0.1, 0.15) is 0 Å². The summed E-state index contributed by atoms with van der Waals surface area (Å²) in [6, 6.07) is 0. The zero-order valence-electron chi connectivity index (χ0n) is 13.6. The van der Waals surface area contributed by atoms with E-state index in [0.717, 1.165) is 0 Å². The van der Waals surface area contributed by atoms with Crippen LogP contribution >= 0.6 is 0 Å². The standard InChI is InChI=1S/5C2H2O4.Na.H/c5*3-1(4)2(5)6;;/h5*(H,3,4)(H,5,6);;. The fourth-order valence-corrected chi connectivity index (χ4v) is 0. The molecular weight excluding hydrogens is 463 g/mol.